The molecule has 1 amide bonds. The van der Waals surface area contributed by atoms with E-state index < -0.39 is 17.6 Å². The van der Waals surface area contributed by atoms with Crippen molar-refractivity contribution in [3.63, 3.8) is 0 Å². The van der Waals surface area contributed by atoms with Crippen LogP contribution in [-0.4, -0.2) is 12.5 Å². The van der Waals surface area contributed by atoms with Crippen LogP contribution in [0.1, 0.15) is 22.8 Å². The number of benzene rings is 2. The molecule has 7 heteroatoms. The smallest absolute Gasteiger partial charge is 0.416 e. The zero-order valence-corrected chi connectivity index (χ0v) is 12.8. The number of rotatable bonds is 4. The Hall–Kier alpha value is -2.21. The topological polar surface area (TPSA) is 38.3 Å². The molecule has 0 unspecified atom stereocenters. The molecule has 0 bridgehead atoms. The Balaban J connectivity index is 2.14. The molecule has 23 heavy (non-hydrogen) atoms. The molecule has 0 aromatic heterocycles. The third-order valence-corrected chi connectivity index (χ3v) is 3.28. The van der Waals surface area contributed by atoms with E-state index in [1.165, 1.54) is 0 Å². The van der Waals surface area contributed by atoms with E-state index in [0.29, 0.717) is 17.9 Å². The Bertz CT molecular complexity index is 699. The van der Waals surface area contributed by atoms with Gasteiger partial charge in [0.15, 0.2) is 0 Å². The van der Waals surface area contributed by atoms with E-state index in [1.807, 2.05) is 6.92 Å². The van der Waals surface area contributed by atoms with Crippen molar-refractivity contribution in [2.45, 2.75) is 13.1 Å². The van der Waals surface area contributed by atoms with E-state index in [0.717, 1.165) is 18.2 Å². The van der Waals surface area contributed by atoms with Crippen molar-refractivity contribution in [2.24, 2.45) is 0 Å². The molecule has 2 aromatic rings. The second-order valence-electron chi connectivity index (χ2n) is 4.60. The summed E-state index contributed by atoms with van der Waals surface area (Å²) in [6.45, 7) is 2.35. The summed E-state index contributed by atoms with van der Waals surface area (Å²) in [5.74, 6) is 0.145. The molecule has 0 radical (unpaired) electrons. The minimum Gasteiger partial charge on any atom is -0.494 e. The molecule has 0 heterocycles. The van der Waals surface area contributed by atoms with Crippen molar-refractivity contribution in [2.75, 3.05) is 11.9 Å². The van der Waals surface area contributed by atoms with Crippen LogP contribution in [-0.2, 0) is 6.18 Å². The SMILES string of the molecule is CCOc1ccc(C(=O)Nc2ccc(C(F)(F)F)cc2Cl)cc1. The summed E-state index contributed by atoms with van der Waals surface area (Å²) in [4.78, 5) is 12.1. The highest BCUT2D eigenvalue weighted by Gasteiger charge is 2.31. The van der Waals surface area contributed by atoms with Gasteiger partial charge >= 0.3 is 6.18 Å². The van der Waals surface area contributed by atoms with Gasteiger partial charge in [0.05, 0.1) is 22.9 Å². The fourth-order valence-electron chi connectivity index (χ4n) is 1.86. The molecule has 0 saturated carbocycles. The zero-order chi connectivity index (χ0) is 17.0. The lowest BCUT2D eigenvalue weighted by atomic mass is 10.1. The van der Waals surface area contributed by atoms with Gasteiger partial charge < -0.3 is 10.1 Å². The molecule has 3 nitrogen and oxygen atoms in total. The van der Waals surface area contributed by atoms with Crippen LogP contribution in [0.3, 0.4) is 0 Å². The number of nitrogens with one attached hydrogen (secondary N) is 1. The highest BCUT2D eigenvalue weighted by atomic mass is 35.5. The molecular weight excluding hydrogens is 331 g/mol. The van der Waals surface area contributed by atoms with Crippen LogP contribution in [0.25, 0.3) is 0 Å². The number of halogens is 4. The minimum absolute atomic E-state index is 0.110. The van der Waals surface area contributed by atoms with Crippen LogP contribution < -0.4 is 10.1 Å². The quantitative estimate of drug-likeness (QED) is 0.847. The lowest BCUT2D eigenvalue weighted by Gasteiger charge is -2.11. The fraction of sp³-hybridized carbons (Fsp3) is 0.188. The second-order valence-corrected chi connectivity index (χ2v) is 5.01. The summed E-state index contributed by atoms with van der Waals surface area (Å²) < 4.78 is 43.0. The van der Waals surface area contributed by atoms with Crippen molar-refractivity contribution < 1.29 is 22.7 Å². The molecule has 0 aliphatic heterocycles. The van der Waals surface area contributed by atoms with Gasteiger partial charge in [-0.3, -0.25) is 4.79 Å². The highest BCUT2D eigenvalue weighted by Crippen LogP contribution is 2.33. The Kier molecular flexibility index (Phi) is 5.15. The molecule has 0 spiro atoms. The van der Waals surface area contributed by atoms with Crippen molar-refractivity contribution in [3.05, 3.63) is 58.6 Å². The molecule has 0 aliphatic carbocycles. The molecule has 1 N–H and O–H groups in total. The van der Waals surface area contributed by atoms with Crippen molar-refractivity contribution in [1.82, 2.24) is 0 Å². The van der Waals surface area contributed by atoms with E-state index in [4.69, 9.17) is 16.3 Å². The fourth-order valence-corrected chi connectivity index (χ4v) is 2.08. The number of anilines is 1. The maximum atomic E-state index is 12.6. The highest BCUT2D eigenvalue weighted by molar-refractivity contribution is 6.34. The van der Waals surface area contributed by atoms with Crippen LogP contribution in [0.2, 0.25) is 5.02 Å². The first kappa shape index (κ1) is 17.1. The number of carbonyl (C=O) groups excluding carboxylic acids is 1. The standard InChI is InChI=1S/C16H13ClF3NO2/c1-2-23-12-6-3-10(4-7-12)15(22)21-14-8-5-11(9-13(14)17)16(18,19)20/h3-9H,2H2,1H3,(H,21,22). The maximum Gasteiger partial charge on any atom is 0.416 e. The molecule has 122 valence electrons. The predicted octanol–water partition coefficient (Wildman–Crippen LogP) is 5.01. The van der Waals surface area contributed by atoms with Crippen molar-refractivity contribution >= 4 is 23.2 Å². The number of hydrogen-bond acceptors (Lipinski definition) is 2. The van der Waals surface area contributed by atoms with Crippen LogP contribution in [0.4, 0.5) is 18.9 Å². The second kappa shape index (κ2) is 6.91. The summed E-state index contributed by atoms with van der Waals surface area (Å²) in [5, 5.41) is 2.30. The monoisotopic (exact) mass is 343 g/mol. The number of ether oxygens (including phenoxy) is 1. The first-order chi connectivity index (χ1) is 10.8. The molecular formula is C16H13ClF3NO2. The van der Waals surface area contributed by atoms with E-state index in [1.54, 1.807) is 24.3 Å². The largest absolute Gasteiger partial charge is 0.494 e. The first-order valence-corrected chi connectivity index (χ1v) is 7.10. The van der Waals surface area contributed by atoms with Crippen LogP contribution in [0, 0.1) is 0 Å². The van der Waals surface area contributed by atoms with Gasteiger partial charge in [-0.25, -0.2) is 0 Å². The first-order valence-electron chi connectivity index (χ1n) is 6.72. The Morgan fingerprint density at radius 1 is 1.17 bits per heavy atom. The van der Waals surface area contributed by atoms with Gasteiger partial charge in [-0.1, -0.05) is 11.6 Å². The van der Waals surface area contributed by atoms with Crippen LogP contribution in [0.5, 0.6) is 5.75 Å². The summed E-state index contributed by atoms with van der Waals surface area (Å²) in [7, 11) is 0. The summed E-state index contributed by atoms with van der Waals surface area (Å²) in [5.41, 5.74) is -0.426. The molecule has 0 fully saturated rings. The summed E-state index contributed by atoms with van der Waals surface area (Å²) in [6, 6.07) is 9.13. The average molecular weight is 344 g/mol. The number of alkyl halides is 3. The lowest BCUT2D eigenvalue weighted by Crippen LogP contribution is -2.13. The lowest BCUT2D eigenvalue weighted by molar-refractivity contribution is -0.137. The summed E-state index contributed by atoms with van der Waals surface area (Å²) >= 11 is 5.80. The average Bonchev–Trinajstić information content (AvgIpc) is 2.49. The van der Waals surface area contributed by atoms with Gasteiger partial charge in [0, 0.05) is 5.56 Å². The maximum absolute atomic E-state index is 12.6. The van der Waals surface area contributed by atoms with Gasteiger partial charge in [-0.05, 0) is 49.4 Å². The Labute approximate surface area is 136 Å². The number of amides is 1. The Morgan fingerprint density at radius 2 is 1.83 bits per heavy atom. The molecule has 2 aromatic carbocycles. The van der Waals surface area contributed by atoms with Gasteiger partial charge in [0.25, 0.3) is 5.91 Å². The zero-order valence-electron chi connectivity index (χ0n) is 12.1. The van der Waals surface area contributed by atoms with E-state index in [2.05, 4.69) is 5.32 Å². The van der Waals surface area contributed by atoms with Crippen LogP contribution in [0.15, 0.2) is 42.5 Å². The number of hydrogen-bond donors (Lipinski definition) is 1. The third kappa shape index (κ3) is 4.39. The van der Waals surface area contributed by atoms with Crippen molar-refractivity contribution in [1.29, 1.82) is 0 Å². The molecule has 0 aliphatic rings. The minimum atomic E-state index is -4.48. The molecule has 2 rings (SSSR count). The van der Waals surface area contributed by atoms with Gasteiger partial charge in [0.2, 0.25) is 0 Å². The van der Waals surface area contributed by atoms with Crippen molar-refractivity contribution in [3.8, 4) is 5.75 Å². The van der Waals surface area contributed by atoms with E-state index >= 15 is 0 Å². The van der Waals surface area contributed by atoms with Gasteiger partial charge in [-0.2, -0.15) is 13.2 Å². The van der Waals surface area contributed by atoms with Gasteiger partial charge in [0.1, 0.15) is 5.75 Å². The predicted molar refractivity (Wildman–Crippen MR) is 82.0 cm³/mol. The van der Waals surface area contributed by atoms with E-state index in [9.17, 15) is 18.0 Å². The normalized spacial score (nSPS) is 11.2. The Morgan fingerprint density at radius 3 is 2.35 bits per heavy atom. The van der Waals surface area contributed by atoms with E-state index in [-0.39, 0.29) is 10.7 Å². The van der Waals surface area contributed by atoms with Crippen LogP contribution >= 0.6 is 11.6 Å². The third-order valence-electron chi connectivity index (χ3n) is 2.97. The molecule has 0 atom stereocenters. The van der Waals surface area contributed by atoms with Gasteiger partial charge in [-0.15, -0.1) is 0 Å². The summed E-state index contributed by atoms with van der Waals surface area (Å²) in [6.07, 6.45) is -4.48. The molecule has 0 saturated heterocycles. The number of carbonyl (C=O) groups is 1.